The molecule has 1 fully saturated rings. The van der Waals surface area contributed by atoms with E-state index in [2.05, 4.69) is 12.5 Å². The fourth-order valence-corrected chi connectivity index (χ4v) is 3.98. The summed E-state index contributed by atoms with van der Waals surface area (Å²) in [6.45, 7) is 0. The van der Waals surface area contributed by atoms with Gasteiger partial charge in [0.25, 0.3) is 0 Å². The smallest absolute Gasteiger partial charge is 0.257 e. The van der Waals surface area contributed by atoms with Gasteiger partial charge in [0.05, 0.1) is 0 Å². The molecule has 0 spiro atoms. The van der Waals surface area contributed by atoms with Crippen molar-refractivity contribution >= 4 is 30.4 Å². The van der Waals surface area contributed by atoms with Gasteiger partial charge in [-0.2, -0.15) is 64.8 Å². The predicted octanol–water partition coefficient (Wildman–Crippen LogP) is 1.87. The minimum absolute atomic E-state index is 0.637. The second kappa shape index (κ2) is 8.22. The molecule has 0 N–H and O–H groups in total. The Labute approximate surface area is 162 Å². The van der Waals surface area contributed by atoms with E-state index in [-0.39, 0.29) is 0 Å². The highest BCUT2D eigenvalue weighted by molar-refractivity contribution is 7.88. The van der Waals surface area contributed by atoms with Crippen LogP contribution in [0, 0.1) is 0 Å². The van der Waals surface area contributed by atoms with Gasteiger partial charge < -0.3 is 0 Å². The maximum atomic E-state index is 12.5. The lowest BCUT2D eigenvalue weighted by Crippen LogP contribution is -2.51. The molecular formula is C9H9F9O9S3. The van der Waals surface area contributed by atoms with Gasteiger partial charge in [-0.15, -0.1) is 0 Å². The van der Waals surface area contributed by atoms with Crippen LogP contribution in [-0.2, 0) is 42.9 Å². The zero-order chi connectivity index (χ0) is 24.0. The van der Waals surface area contributed by atoms with E-state index in [1.807, 2.05) is 0 Å². The molecule has 0 aromatic rings. The van der Waals surface area contributed by atoms with Crippen molar-refractivity contribution < 1.29 is 77.3 Å². The molecule has 30 heavy (non-hydrogen) atoms. The molecule has 2 unspecified atom stereocenters. The minimum Gasteiger partial charge on any atom is -0.257 e. The Morgan fingerprint density at radius 3 is 1.07 bits per heavy atom. The summed E-state index contributed by atoms with van der Waals surface area (Å²) in [6, 6.07) is 0. The van der Waals surface area contributed by atoms with Crippen LogP contribution in [0.15, 0.2) is 0 Å². The molecule has 0 aliphatic heterocycles. The molecule has 0 radical (unpaired) electrons. The van der Waals surface area contributed by atoms with E-state index in [0.717, 1.165) is 0 Å². The lowest BCUT2D eigenvalue weighted by atomic mass is 9.92. The molecular weight excluding hydrogens is 519 g/mol. The summed E-state index contributed by atoms with van der Waals surface area (Å²) in [5.41, 5.74) is -18.6. The molecule has 1 aliphatic rings. The molecule has 1 saturated carbocycles. The molecule has 0 heterocycles. The lowest BCUT2D eigenvalue weighted by Gasteiger charge is -2.35. The molecule has 0 amide bonds. The quantitative estimate of drug-likeness (QED) is 0.288. The summed E-state index contributed by atoms with van der Waals surface area (Å²) >= 11 is 0. The number of hydrogen-bond donors (Lipinski definition) is 0. The fourth-order valence-electron chi connectivity index (χ4n) is 2.05. The van der Waals surface area contributed by atoms with Crippen molar-refractivity contribution in [3.63, 3.8) is 0 Å². The number of alkyl halides is 9. The molecule has 1 aliphatic carbocycles. The van der Waals surface area contributed by atoms with E-state index < -0.39 is 84.5 Å². The first-order valence-corrected chi connectivity index (χ1v) is 11.2. The van der Waals surface area contributed by atoms with Gasteiger partial charge >= 0.3 is 46.9 Å². The van der Waals surface area contributed by atoms with Crippen molar-refractivity contribution in [1.29, 1.82) is 0 Å². The van der Waals surface area contributed by atoms with Crippen molar-refractivity contribution in [3.8, 4) is 0 Å². The Morgan fingerprint density at radius 2 is 0.800 bits per heavy atom. The van der Waals surface area contributed by atoms with Gasteiger partial charge in [0.2, 0.25) is 0 Å². The predicted molar refractivity (Wildman–Crippen MR) is 73.4 cm³/mol. The van der Waals surface area contributed by atoms with Crippen molar-refractivity contribution in [3.05, 3.63) is 0 Å². The zero-order valence-corrected chi connectivity index (χ0v) is 16.1. The minimum atomic E-state index is -6.76. The average Bonchev–Trinajstić information content (AvgIpc) is 2.46. The van der Waals surface area contributed by atoms with Crippen LogP contribution >= 0.6 is 0 Å². The molecule has 0 bridgehead atoms. The standard InChI is InChI=1S/C9H9F9O9S3/c10-7(11,12)28(19,20)25-4-2-1-3-5(26-29(21,22)8(13,14)15)6(4)27-30(23,24)9(16,17)18/h4-6H,1-3H2. The molecule has 0 aromatic carbocycles. The van der Waals surface area contributed by atoms with Crippen molar-refractivity contribution in [1.82, 2.24) is 0 Å². The van der Waals surface area contributed by atoms with E-state index in [0.29, 0.717) is 0 Å². The van der Waals surface area contributed by atoms with Gasteiger partial charge in [-0.1, -0.05) is 0 Å². The molecule has 21 heteroatoms. The van der Waals surface area contributed by atoms with Crippen LogP contribution in [0.25, 0.3) is 0 Å². The Morgan fingerprint density at radius 1 is 0.533 bits per heavy atom. The third kappa shape index (κ3) is 6.08. The molecule has 2 atom stereocenters. The Kier molecular flexibility index (Phi) is 7.44. The van der Waals surface area contributed by atoms with E-state index in [9.17, 15) is 64.8 Å². The summed E-state index contributed by atoms with van der Waals surface area (Å²) in [5.74, 6) is 0. The molecule has 0 saturated heterocycles. The third-order valence-corrected chi connectivity index (χ3v) is 6.48. The van der Waals surface area contributed by atoms with Crippen LogP contribution in [0.4, 0.5) is 39.5 Å². The monoisotopic (exact) mass is 528 g/mol. The lowest BCUT2D eigenvalue weighted by molar-refractivity contribution is -0.0989. The van der Waals surface area contributed by atoms with Gasteiger partial charge in [0, 0.05) is 0 Å². The van der Waals surface area contributed by atoms with Crippen LogP contribution in [0.1, 0.15) is 19.3 Å². The Bertz CT molecular complexity index is 877. The summed E-state index contributed by atoms with van der Waals surface area (Å²) in [6.07, 6.45) is -11.3. The Hall–Kier alpha value is -0.900. The first-order chi connectivity index (χ1) is 13.0. The maximum absolute atomic E-state index is 12.5. The highest BCUT2D eigenvalue weighted by Gasteiger charge is 2.57. The van der Waals surface area contributed by atoms with Crippen LogP contribution in [-0.4, -0.2) is 60.1 Å². The van der Waals surface area contributed by atoms with Gasteiger partial charge in [-0.25, -0.2) is 0 Å². The Balaban J connectivity index is 3.40. The summed E-state index contributed by atoms with van der Waals surface area (Å²) in [5, 5.41) is 0. The second-order valence-corrected chi connectivity index (χ2v) is 10.2. The first-order valence-electron chi connectivity index (χ1n) is 7.00. The third-order valence-electron chi connectivity index (χ3n) is 3.30. The SMILES string of the molecule is O=S(=O)(OC1CCCC(OS(=O)(=O)C(F)(F)F)C1OS(=O)(=O)C(F)(F)F)C(F)(F)F. The average molecular weight is 528 g/mol. The molecule has 1 rings (SSSR count). The van der Waals surface area contributed by atoms with E-state index in [1.165, 1.54) is 0 Å². The summed E-state index contributed by atoms with van der Waals surface area (Å²) in [4.78, 5) is 0. The van der Waals surface area contributed by atoms with Crippen LogP contribution < -0.4 is 0 Å². The zero-order valence-electron chi connectivity index (χ0n) is 13.7. The van der Waals surface area contributed by atoms with Crippen molar-refractivity contribution in [2.45, 2.75) is 54.1 Å². The summed E-state index contributed by atoms with van der Waals surface area (Å²) in [7, 11) is -20.0. The largest absolute Gasteiger partial charge is 0.523 e. The summed E-state index contributed by atoms with van der Waals surface area (Å²) < 4.78 is 189. The maximum Gasteiger partial charge on any atom is 0.523 e. The van der Waals surface area contributed by atoms with Gasteiger partial charge in [-0.3, -0.25) is 12.5 Å². The van der Waals surface area contributed by atoms with Crippen molar-refractivity contribution in [2.75, 3.05) is 0 Å². The van der Waals surface area contributed by atoms with Crippen molar-refractivity contribution in [2.24, 2.45) is 0 Å². The fraction of sp³-hybridized carbons (Fsp3) is 1.00. The highest BCUT2D eigenvalue weighted by Crippen LogP contribution is 2.37. The van der Waals surface area contributed by atoms with E-state index in [4.69, 9.17) is 0 Å². The number of halogens is 9. The topological polar surface area (TPSA) is 130 Å². The first kappa shape index (κ1) is 27.1. The van der Waals surface area contributed by atoms with Gasteiger partial charge in [0.1, 0.15) is 18.3 Å². The molecule has 9 nitrogen and oxygen atoms in total. The molecule has 180 valence electrons. The van der Waals surface area contributed by atoms with E-state index >= 15 is 0 Å². The van der Waals surface area contributed by atoms with Crippen LogP contribution in [0.2, 0.25) is 0 Å². The number of rotatable bonds is 6. The van der Waals surface area contributed by atoms with Gasteiger partial charge in [0.15, 0.2) is 0 Å². The highest BCUT2D eigenvalue weighted by atomic mass is 32.2. The molecule has 0 aromatic heterocycles. The normalized spacial score (nSPS) is 25.3. The number of hydrogen-bond acceptors (Lipinski definition) is 9. The van der Waals surface area contributed by atoms with E-state index in [1.54, 1.807) is 0 Å². The van der Waals surface area contributed by atoms with Gasteiger partial charge in [-0.05, 0) is 19.3 Å². The van der Waals surface area contributed by atoms with Crippen LogP contribution in [0.5, 0.6) is 0 Å². The van der Waals surface area contributed by atoms with Crippen LogP contribution in [0.3, 0.4) is 0 Å². The second-order valence-electron chi connectivity index (χ2n) is 5.46.